The minimum Gasteiger partial charge on any atom is -0.503 e. The summed E-state index contributed by atoms with van der Waals surface area (Å²) >= 11 is 0. The molecule has 3 aromatic carbocycles. The monoisotopic (exact) mass is 357 g/mol. The highest BCUT2D eigenvalue weighted by molar-refractivity contribution is 6.15. The van der Waals surface area contributed by atoms with Crippen LogP contribution in [0.1, 0.15) is 17.2 Å². The fraction of sp³-hybridized carbons (Fsp3) is 0.0870. The molecule has 27 heavy (non-hydrogen) atoms. The highest BCUT2D eigenvalue weighted by Crippen LogP contribution is 2.45. The molecule has 0 aromatic heterocycles. The van der Waals surface area contributed by atoms with E-state index in [-0.39, 0.29) is 5.76 Å². The molecule has 1 amide bonds. The van der Waals surface area contributed by atoms with E-state index in [0.717, 1.165) is 11.1 Å². The number of carbonyl (C=O) groups excluding carboxylic acids is 1. The third kappa shape index (κ3) is 2.95. The van der Waals surface area contributed by atoms with E-state index in [9.17, 15) is 9.90 Å². The Kier molecular flexibility index (Phi) is 4.38. The minimum absolute atomic E-state index is 0.217. The van der Waals surface area contributed by atoms with Crippen LogP contribution >= 0.6 is 0 Å². The number of hydrogen-bond donors (Lipinski definition) is 1. The molecule has 0 aliphatic carbocycles. The number of anilines is 1. The standard InChI is InChI=1S/C23H19NO3/c1-27-19-14-12-18(13-15-19)24-21(17-10-6-3-7-11-17)20(22(25)23(24)26)16-8-4-2-5-9-16/h2-15,21,25H,1H3/t21-/m0/s1. The number of nitrogens with zero attached hydrogens (tertiary/aromatic N) is 1. The Labute approximate surface area is 158 Å². The first kappa shape index (κ1) is 16.9. The molecule has 4 nitrogen and oxygen atoms in total. The Morgan fingerprint density at radius 2 is 1.44 bits per heavy atom. The summed E-state index contributed by atoms with van der Waals surface area (Å²) in [7, 11) is 1.60. The predicted molar refractivity (Wildman–Crippen MR) is 106 cm³/mol. The van der Waals surface area contributed by atoms with Crippen LogP contribution in [0.4, 0.5) is 5.69 Å². The number of rotatable bonds is 4. The van der Waals surface area contributed by atoms with E-state index in [2.05, 4.69) is 0 Å². The Morgan fingerprint density at radius 3 is 2.04 bits per heavy atom. The van der Waals surface area contributed by atoms with Gasteiger partial charge in [0, 0.05) is 11.3 Å². The molecule has 3 aromatic rings. The van der Waals surface area contributed by atoms with E-state index in [1.165, 1.54) is 0 Å². The van der Waals surface area contributed by atoms with Crippen molar-refractivity contribution in [3.8, 4) is 5.75 Å². The van der Waals surface area contributed by atoms with E-state index < -0.39 is 11.9 Å². The number of aliphatic hydroxyl groups excluding tert-OH is 1. The van der Waals surface area contributed by atoms with E-state index in [4.69, 9.17) is 4.74 Å². The predicted octanol–water partition coefficient (Wildman–Crippen LogP) is 4.75. The van der Waals surface area contributed by atoms with Crippen LogP contribution in [0.5, 0.6) is 5.75 Å². The Morgan fingerprint density at radius 1 is 0.852 bits per heavy atom. The molecule has 1 aliphatic rings. The van der Waals surface area contributed by atoms with Crippen LogP contribution in [-0.4, -0.2) is 18.1 Å². The van der Waals surface area contributed by atoms with Crippen LogP contribution in [0, 0.1) is 0 Å². The molecule has 1 aliphatic heterocycles. The van der Waals surface area contributed by atoms with Crippen LogP contribution in [0.15, 0.2) is 90.7 Å². The van der Waals surface area contributed by atoms with Crippen LogP contribution in [0.25, 0.3) is 5.57 Å². The molecule has 4 rings (SSSR count). The van der Waals surface area contributed by atoms with Crippen molar-refractivity contribution in [1.29, 1.82) is 0 Å². The van der Waals surface area contributed by atoms with Gasteiger partial charge in [0.05, 0.1) is 13.2 Å². The summed E-state index contributed by atoms with van der Waals surface area (Å²) in [6.45, 7) is 0. The van der Waals surface area contributed by atoms with E-state index in [1.54, 1.807) is 12.0 Å². The second-order valence-electron chi connectivity index (χ2n) is 6.31. The zero-order chi connectivity index (χ0) is 18.8. The molecule has 134 valence electrons. The summed E-state index contributed by atoms with van der Waals surface area (Å²) in [5, 5.41) is 10.7. The van der Waals surface area contributed by atoms with Crippen molar-refractivity contribution < 1.29 is 14.6 Å². The lowest BCUT2D eigenvalue weighted by Gasteiger charge is -2.27. The van der Waals surface area contributed by atoms with Gasteiger partial charge in [0.2, 0.25) is 0 Å². The van der Waals surface area contributed by atoms with E-state index >= 15 is 0 Å². The number of amides is 1. The number of carbonyl (C=O) groups is 1. The lowest BCUT2D eigenvalue weighted by molar-refractivity contribution is -0.117. The van der Waals surface area contributed by atoms with Crippen LogP contribution in [0.2, 0.25) is 0 Å². The molecule has 0 saturated heterocycles. The molecule has 0 radical (unpaired) electrons. The van der Waals surface area contributed by atoms with Gasteiger partial charge < -0.3 is 9.84 Å². The van der Waals surface area contributed by atoms with Gasteiger partial charge in [-0.2, -0.15) is 0 Å². The van der Waals surface area contributed by atoms with Gasteiger partial charge in [0.25, 0.3) is 5.91 Å². The van der Waals surface area contributed by atoms with Crippen molar-refractivity contribution in [3.05, 3.63) is 102 Å². The quantitative estimate of drug-likeness (QED) is 0.733. The molecule has 1 heterocycles. The van der Waals surface area contributed by atoms with Crippen LogP contribution < -0.4 is 9.64 Å². The third-order valence-corrected chi connectivity index (χ3v) is 4.76. The summed E-state index contributed by atoms with van der Waals surface area (Å²) in [6.07, 6.45) is 0. The summed E-state index contributed by atoms with van der Waals surface area (Å²) in [5.74, 6) is 0.0841. The summed E-state index contributed by atoms with van der Waals surface area (Å²) in [4.78, 5) is 14.6. The van der Waals surface area contributed by atoms with Crippen molar-refractivity contribution in [1.82, 2.24) is 0 Å². The molecule has 4 heteroatoms. The van der Waals surface area contributed by atoms with Gasteiger partial charge in [-0.15, -0.1) is 0 Å². The molecular formula is C23H19NO3. The van der Waals surface area contributed by atoms with Crippen molar-refractivity contribution in [2.75, 3.05) is 12.0 Å². The molecule has 0 spiro atoms. The molecular weight excluding hydrogens is 338 g/mol. The highest BCUT2D eigenvalue weighted by Gasteiger charge is 2.41. The first-order chi connectivity index (χ1) is 13.2. The number of benzene rings is 3. The van der Waals surface area contributed by atoms with Gasteiger partial charge in [-0.1, -0.05) is 60.7 Å². The second-order valence-corrected chi connectivity index (χ2v) is 6.31. The van der Waals surface area contributed by atoms with Gasteiger partial charge in [0.1, 0.15) is 5.75 Å². The summed E-state index contributed by atoms with van der Waals surface area (Å²) < 4.78 is 5.22. The zero-order valence-corrected chi connectivity index (χ0v) is 14.9. The van der Waals surface area contributed by atoms with Gasteiger partial charge >= 0.3 is 0 Å². The Bertz CT molecular complexity index is 979. The number of methoxy groups -OCH3 is 1. The van der Waals surface area contributed by atoms with Crippen LogP contribution in [-0.2, 0) is 4.79 Å². The topological polar surface area (TPSA) is 49.8 Å². The first-order valence-corrected chi connectivity index (χ1v) is 8.72. The molecule has 1 atom stereocenters. The summed E-state index contributed by atoms with van der Waals surface area (Å²) in [6, 6.07) is 26.1. The van der Waals surface area contributed by atoms with Crippen molar-refractivity contribution >= 4 is 17.2 Å². The molecule has 0 unspecified atom stereocenters. The average molecular weight is 357 g/mol. The van der Waals surface area contributed by atoms with Crippen molar-refractivity contribution in [2.24, 2.45) is 0 Å². The second kappa shape index (κ2) is 7.00. The first-order valence-electron chi connectivity index (χ1n) is 8.72. The fourth-order valence-corrected chi connectivity index (χ4v) is 3.48. The Hall–Kier alpha value is -3.53. The maximum atomic E-state index is 13.0. The molecule has 0 fully saturated rings. The molecule has 1 N–H and O–H groups in total. The van der Waals surface area contributed by atoms with Gasteiger partial charge in [-0.3, -0.25) is 9.69 Å². The van der Waals surface area contributed by atoms with Gasteiger partial charge in [-0.05, 0) is 35.4 Å². The largest absolute Gasteiger partial charge is 0.503 e. The number of hydrogen-bond acceptors (Lipinski definition) is 3. The SMILES string of the molecule is COc1ccc(N2C(=O)C(O)=C(c3ccccc3)[C@@H]2c2ccccc2)cc1. The normalized spacial score (nSPS) is 16.7. The number of aliphatic hydroxyl groups is 1. The maximum absolute atomic E-state index is 13.0. The molecule has 0 saturated carbocycles. The van der Waals surface area contributed by atoms with Gasteiger partial charge in [-0.25, -0.2) is 0 Å². The van der Waals surface area contributed by atoms with Crippen molar-refractivity contribution in [3.63, 3.8) is 0 Å². The summed E-state index contributed by atoms with van der Waals surface area (Å²) in [5.41, 5.74) is 3.08. The average Bonchev–Trinajstić information content (AvgIpc) is 3.00. The van der Waals surface area contributed by atoms with Crippen molar-refractivity contribution in [2.45, 2.75) is 6.04 Å². The molecule has 0 bridgehead atoms. The van der Waals surface area contributed by atoms with E-state index in [1.807, 2.05) is 84.9 Å². The fourth-order valence-electron chi connectivity index (χ4n) is 3.48. The zero-order valence-electron chi connectivity index (χ0n) is 14.9. The lowest BCUT2D eigenvalue weighted by atomic mass is 9.93. The maximum Gasteiger partial charge on any atom is 0.294 e. The smallest absolute Gasteiger partial charge is 0.294 e. The van der Waals surface area contributed by atoms with E-state index in [0.29, 0.717) is 17.0 Å². The number of ether oxygens (including phenoxy) is 1. The highest BCUT2D eigenvalue weighted by atomic mass is 16.5. The lowest BCUT2D eigenvalue weighted by Crippen LogP contribution is -2.30. The van der Waals surface area contributed by atoms with Crippen LogP contribution in [0.3, 0.4) is 0 Å². The minimum atomic E-state index is -0.409. The van der Waals surface area contributed by atoms with Gasteiger partial charge in [0.15, 0.2) is 5.76 Å². The Balaban J connectivity index is 1.87. The third-order valence-electron chi connectivity index (χ3n) is 4.76.